The van der Waals surface area contributed by atoms with E-state index in [1.54, 1.807) is 6.07 Å². The number of hydrogen-bond acceptors (Lipinski definition) is 2. The topological polar surface area (TPSA) is 21.3 Å². The van der Waals surface area contributed by atoms with Crippen LogP contribution in [0.4, 0.5) is 4.39 Å². The van der Waals surface area contributed by atoms with Crippen LogP contribution in [-0.2, 0) is 11.3 Å². The third-order valence-electron chi connectivity index (χ3n) is 1.97. The molecule has 1 rings (SSSR count). The van der Waals surface area contributed by atoms with Crippen LogP contribution in [0.25, 0.3) is 0 Å². The SMILES string of the molecule is CCOCCNCc1cccc(F)c1Br. The van der Waals surface area contributed by atoms with Crippen molar-refractivity contribution >= 4 is 15.9 Å². The second-order valence-electron chi connectivity index (χ2n) is 3.09. The Bertz CT molecular complexity index is 307. The van der Waals surface area contributed by atoms with Crippen LogP contribution in [-0.4, -0.2) is 19.8 Å². The van der Waals surface area contributed by atoms with Crippen molar-refractivity contribution in [3.63, 3.8) is 0 Å². The zero-order chi connectivity index (χ0) is 11.1. The molecule has 0 aliphatic heterocycles. The van der Waals surface area contributed by atoms with E-state index in [0.29, 0.717) is 17.6 Å². The lowest BCUT2D eigenvalue weighted by Gasteiger charge is -2.07. The van der Waals surface area contributed by atoms with Gasteiger partial charge in [-0.05, 0) is 34.5 Å². The van der Waals surface area contributed by atoms with Crippen LogP contribution in [0.1, 0.15) is 12.5 Å². The van der Waals surface area contributed by atoms with E-state index in [0.717, 1.165) is 18.7 Å². The van der Waals surface area contributed by atoms with E-state index in [1.807, 2.05) is 13.0 Å². The fourth-order valence-corrected chi connectivity index (χ4v) is 1.60. The Hall–Kier alpha value is -0.450. The normalized spacial score (nSPS) is 10.6. The highest BCUT2D eigenvalue weighted by Gasteiger charge is 2.03. The van der Waals surface area contributed by atoms with Crippen molar-refractivity contribution in [2.45, 2.75) is 13.5 Å². The molecule has 0 aliphatic rings. The highest BCUT2D eigenvalue weighted by atomic mass is 79.9. The zero-order valence-corrected chi connectivity index (χ0v) is 10.3. The molecule has 0 amide bonds. The molecule has 0 aromatic heterocycles. The summed E-state index contributed by atoms with van der Waals surface area (Å²) in [7, 11) is 0. The standard InChI is InChI=1S/C11H15BrFNO/c1-2-15-7-6-14-8-9-4-3-5-10(13)11(9)12/h3-5,14H,2,6-8H2,1H3. The van der Waals surface area contributed by atoms with Crippen LogP contribution in [0.5, 0.6) is 0 Å². The van der Waals surface area contributed by atoms with Crippen molar-refractivity contribution in [1.82, 2.24) is 5.32 Å². The van der Waals surface area contributed by atoms with E-state index >= 15 is 0 Å². The summed E-state index contributed by atoms with van der Waals surface area (Å²) in [6, 6.07) is 5.04. The molecule has 0 heterocycles. The molecule has 1 aromatic rings. The fraction of sp³-hybridized carbons (Fsp3) is 0.455. The minimum absolute atomic E-state index is 0.223. The van der Waals surface area contributed by atoms with Gasteiger partial charge >= 0.3 is 0 Å². The smallest absolute Gasteiger partial charge is 0.137 e. The maximum atomic E-state index is 13.1. The Kier molecular flexibility index (Phi) is 5.83. The first-order valence-electron chi connectivity index (χ1n) is 4.97. The Balaban J connectivity index is 2.34. The van der Waals surface area contributed by atoms with Gasteiger partial charge in [0.2, 0.25) is 0 Å². The summed E-state index contributed by atoms with van der Waals surface area (Å²) < 4.78 is 18.8. The third-order valence-corrected chi connectivity index (χ3v) is 2.86. The summed E-state index contributed by atoms with van der Waals surface area (Å²) in [5.41, 5.74) is 0.923. The van der Waals surface area contributed by atoms with E-state index in [4.69, 9.17) is 4.74 Å². The van der Waals surface area contributed by atoms with E-state index in [1.165, 1.54) is 6.07 Å². The van der Waals surface area contributed by atoms with Crippen LogP contribution in [0.3, 0.4) is 0 Å². The first-order chi connectivity index (χ1) is 7.25. The minimum atomic E-state index is -0.223. The Morgan fingerprint density at radius 1 is 1.47 bits per heavy atom. The average molecular weight is 276 g/mol. The minimum Gasteiger partial charge on any atom is -0.380 e. The zero-order valence-electron chi connectivity index (χ0n) is 8.72. The first-order valence-corrected chi connectivity index (χ1v) is 5.76. The molecular formula is C11H15BrFNO. The van der Waals surface area contributed by atoms with Crippen LogP contribution < -0.4 is 5.32 Å². The van der Waals surface area contributed by atoms with Gasteiger partial charge in [0.25, 0.3) is 0 Å². The molecule has 15 heavy (non-hydrogen) atoms. The van der Waals surface area contributed by atoms with Gasteiger partial charge in [0, 0.05) is 19.7 Å². The molecule has 1 aromatic carbocycles. The Labute approximate surface area is 98.0 Å². The lowest BCUT2D eigenvalue weighted by Crippen LogP contribution is -2.19. The molecule has 0 atom stereocenters. The quantitative estimate of drug-likeness (QED) is 0.807. The predicted molar refractivity (Wildman–Crippen MR) is 62.3 cm³/mol. The Morgan fingerprint density at radius 3 is 3.00 bits per heavy atom. The molecule has 0 fully saturated rings. The summed E-state index contributed by atoms with van der Waals surface area (Å²) in [6.07, 6.45) is 0. The van der Waals surface area contributed by atoms with Crippen molar-refractivity contribution in [1.29, 1.82) is 0 Å². The molecule has 0 saturated heterocycles. The van der Waals surface area contributed by atoms with E-state index in [-0.39, 0.29) is 5.82 Å². The fourth-order valence-electron chi connectivity index (χ4n) is 1.20. The number of halogens is 2. The summed E-state index contributed by atoms with van der Waals surface area (Å²) >= 11 is 3.22. The molecule has 2 nitrogen and oxygen atoms in total. The van der Waals surface area contributed by atoms with Crippen molar-refractivity contribution < 1.29 is 9.13 Å². The molecule has 0 saturated carbocycles. The van der Waals surface area contributed by atoms with Crippen molar-refractivity contribution in [2.75, 3.05) is 19.8 Å². The van der Waals surface area contributed by atoms with Crippen LogP contribution in [0.15, 0.2) is 22.7 Å². The second-order valence-corrected chi connectivity index (χ2v) is 3.88. The summed E-state index contributed by atoms with van der Waals surface area (Å²) in [6.45, 7) is 4.79. The molecule has 4 heteroatoms. The van der Waals surface area contributed by atoms with Crippen molar-refractivity contribution in [3.05, 3.63) is 34.1 Å². The molecule has 0 aliphatic carbocycles. The van der Waals surface area contributed by atoms with Crippen LogP contribution in [0.2, 0.25) is 0 Å². The number of rotatable bonds is 6. The number of hydrogen-bond donors (Lipinski definition) is 1. The number of nitrogens with one attached hydrogen (secondary N) is 1. The molecular weight excluding hydrogens is 261 g/mol. The van der Waals surface area contributed by atoms with Crippen LogP contribution in [0, 0.1) is 5.82 Å². The summed E-state index contributed by atoms with van der Waals surface area (Å²) in [4.78, 5) is 0. The molecule has 1 N–H and O–H groups in total. The van der Waals surface area contributed by atoms with E-state index in [2.05, 4.69) is 21.2 Å². The second kappa shape index (κ2) is 6.93. The van der Waals surface area contributed by atoms with Crippen molar-refractivity contribution in [2.24, 2.45) is 0 Å². The Morgan fingerprint density at radius 2 is 2.27 bits per heavy atom. The van der Waals surface area contributed by atoms with Gasteiger partial charge in [0.05, 0.1) is 11.1 Å². The van der Waals surface area contributed by atoms with Gasteiger partial charge in [-0.2, -0.15) is 0 Å². The number of ether oxygens (including phenoxy) is 1. The first kappa shape index (κ1) is 12.6. The van der Waals surface area contributed by atoms with Gasteiger partial charge in [-0.3, -0.25) is 0 Å². The molecule has 0 radical (unpaired) electrons. The maximum Gasteiger partial charge on any atom is 0.137 e. The van der Waals surface area contributed by atoms with Crippen molar-refractivity contribution in [3.8, 4) is 0 Å². The predicted octanol–water partition coefficient (Wildman–Crippen LogP) is 2.71. The van der Waals surface area contributed by atoms with Gasteiger partial charge in [0.1, 0.15) is 5.82 Å². The third kappa shape index (κ3) is 4.28. The summed E-state index contributed by atoms with van der Waals surface area (Å²) in [5.74, 6) is -0.223. The van der Waals surface area contributed by atoms with E-state index in [9.17, 15) is 4.39 Å². The molecule has 0 spiro atoms. The van der Waals surface area contributed by atoms with Gasteiger partial charge in [0.15, 0.2) is 0 Å². The highest BCUT2D eigenvalue weighted by molar-refractivity contribution is 9.10. The van der Waals surface area contributed by atoms with E-state index < -0.39 is 0 Å². The molecule has 0 unspecified atom stereocenters. The van der Waals surface area contributed by atoms with Gasteiger partial charge in [-0.1, -0.05) is 12.1 Å². The number of benzene rings is 1. The van der Waals surface area contributed by atoms with Gasteiger partial charge in [-0.15, -0.1) is 0 Å². The maximum absolute atomic E-state index is 13.1. The van der Waals surface area contributed by atoms with Gasteiger partial charge in [-0.25, -0.2) is 4.39 Å². The monoisotopic (exact) mass is 275 g/mol. The lowest BCUT2D eigenvalue weighted by molar-refractivity contribution is 0.149. The average Bonchev–Trinajstić information content (AvgIpc) is 2.24. The highest BCUT2D eigenvalue weighted by Crippen LogP contribution is 2.19. The molecule has 0 bridgehead atoms. The largest absolute Gasteiger partial charge is 0.380 e. The molecule has 84 valence electrons. The van der Waals surface area contributed by atoms with Crippen LogP contribution >= 0.6 is 15.9 Å². The lowest BCUT2D eigenvalue weighted by atomic mass is 10.2. The summed E-state index contributed by atoms with van der Waals surface area (Å²) in [5, 5.41) is 3.18. The van der Waals surface area contributed by atoms with Gasteiger partial charge < -0.3 is 10.1 Å².